The third-order valence-electron chi connectivity index (χ3n) is 4.34. The van der Waals surface area contributed by atoms with Crippen molar-refractivity contribution in [2.24, 2.45) is 0 Å². The average Bonchev–Trinajstić information content (AvgIpc) is 2.73. The van der Waals surface area contributed by atoms with Gasteiger partial charge in [-0.3, -0.25) is 9.10 Å². The van der Waals surface area contributed by atoms with Crippen LogP contribution in [-0.4, -0.2) is 21.4 Å². The highest BCUT2D eigenvalue weighted by Crippen LogP contribution is 2.23. The van der Waals surface area contributed by atoms with Gasteiger partial charge in [-0.1, -0.05) is 35.9 Å². The number of amides is 1. The lowest BCUT2D eigenvalue weighted by atomic mass is 10.2. The fourth-order valence-corrected chi connectivity index (χ4v) is 4.11. The van der Waals surface area contributed by atoms with Gasteiger partial charge in [0, 0.05) is 24.2 Å². The normalized spacial score (nSPS) is 11.1. The predicted molar refractivity (Wildman–Crippen MR) is 111 cm³/mol. The van der Waals surface area contributed by atoms with Crippen LogP contribution in [0.25, 0.3) is 0 Å². The van der Waals surface area contributed by atoms with Crippen LogP contribution in [0.15, 0.2) is 77.7 Å². The minimum Gasteiger partial charge on any atom is -0.348 e. The lowest BCUT2D eigenvalue weighted by molar-refractivity contribution is 0.0950. The Kier molecular flexibility index (Phi) is 6.20. The Balaban J connectivity index is 1.80. The number of hydrogen-bond acceptors (Lipinski definition) is 3. The van der Waals surface area contributed by atoms with Gasteiger partial charge in [0.1, 0.15) is 5.82 Å². The molecule has 0 bridgehead atoms. The van der Waals surface area contributed by atoms with Crippen molar-refractivity contribution in [3.63, 3.8) is 0 Å². The molecule has 0 unspecified atom stereocenters. The van der Waals surface area contributed by atoms with Gasteiger partial charge in [0.25, 0.3) is 15.9 Å². The van der Waals surface area contributed by atoms with Crippen LogP contribution in [0.2, 0.25) is 5.02 Å². The quantitative estimate of drug-likeness (QED) is 0.633. The molecular formula is C21H18ClFN2O3S. The first-order chi connectivity index (χ1) is 13.8. The number of nitrogens with one attached hydrogen (secondary N) is 1. The second-order valence-electron chi connectivity index (χ2n) is 6.25. The van der Waals surface area contributed by atoms with E-state index in [1.165, 1.54) is 55.6 Å². The monoisotopic (exact) mass is 432 g/mol. The van der Waals surface area contributed by atoms with Gasteiger partial charge in [-0.05, 0) is 54.1 Å². The van der Waals surface area contributed by atoms with Gasteiger partial charge in [0.05, 0.1) is 10.6 Å². The first kappa shape index (κ1) is 20.8. The molecule has 0 fully saturated rings. The molecule has 5 nitrogen and oxygen atoms in total. The molecule has 0 atom stereocenters. The van der Waals surface area contributed by atoms with E-state index in [1.807, 2.05) is 6.07 Å². The summed E-state index contributed by atoms with van der Waals surface area (Å²) in [5, 5.41) is 3.26. The van der Waals surface area contributed by atoms with Crippen LogP contribution in [0.5, 0.6) is 0 Å². The molecule has 0 spiro atoms. The number of halogens is 2. The summed E-state index contributed by atoms with van der Waals surface area (Å²) < 4.78 is 39.9. The molecule has 0 heterocycles. The van der Waals surface area contributed by atoms with Gasteiger partial charge in [0.15, 0.2) is 0 Å². The Morgan fingerprint density at radius 2 is 1.72 bits per heavy atom. The van der Waals surface area contributed by atoms with Crippen molar-refractivity contribution in [1.82, 2.24) is 5.32 Å². The Hall–Kier alpha value is -2.90. The molecule has 8 heteroatoms. The predicted octanol–water partition coefficient (Wildman–Crippen LogP) is 4.23. The fourth-order valence-electron chi connectivity index (χ4n) is 2.67. The van der Waals surface area contributed by atoms with Gasteiger partial charge in [-0.2, -0.15) is 0 Å². The van der Waals surface area contributed by atoms with Crippen molar-refractivity contribution in [2.45, 2.75) is 11.4 Å². The summed E-state index contributed by atoms with van der Waals surface area (Å²) in [6.07, 6.45) is 0. The Labute approximate surface area is 173 Å². The van der Waals surface area contributed by atoms with Crippen molar-refractivity contribution in [1.29, 1.82) is 0 Å². The van der Waals surface area contributed by atoms with E-state index in [-0.39, 0.29) is 17.0 Å². The van der Waals surface area contributed by atoms with E-state index in [2.05, 4.69) is 5.32 Å². The van der Waals surface area contributed by atoms with E-state index in [9.17, 15) is 17.6 Å². The maximum atomic E-state index is 13.1. The molecule has 0 aliphatic rings. The van der Waals surface area contributed by atoms with Crippen molar-refractivity contribution in [3.8, 4) is 0 Å². The van der Waals surface area contributed by atoms with Gasteiger partial charge in [-0.25, -0.2) is 12.8 Å². The number of sulfonamides is 1. The molecule has 3 aromatic carbocycles. The van der Waals surface area contributed by atoms with Gasteiger partial charge in [0.2, 0.25) is 0 Å². The van der Waals surface area contributed by atoms with Crippen LogP contribution in [0, 0.1) is 5.82 Å². The van der Waals surface area contributed by atoms with E-state index in [4.69, 9.17) is 11.6 Å². The highest BCUT2D eigenvalue weighted by Gasteiger charge is 2.22. The highest BCUT2D eigenvalue weighted by molar-refractivity contribution is 7.92. The van der Waals surface area contributed by atoms with Crippen LogP contribution >= 0.6 is 11.6 Å². The summed E-state index contributed by atoms with van der Waals surface area (Å²) in [6, 6.07) is 17.9. The summed E-state index contributed by atoms with van der Waals surface area (Å²) in [7, 11) is -2.56. The summed E-state index contributed by atoms with van der Waals surface area (Å²) in [4.78, 5) is 12.4. The third-order valence-corrected chi connectivity index (χ3v) is 6.49. The lowest BCUT2D eigenvalue weighted by Crippen LogP contribution is -2.27. The van der Waals surface area contributed by atoms with Gasteiger partial charge in [-0.15, -0.1) is 0 Å². The van der Waals surface area contributed by atoms with Gasteiger partial charge >= 0.3 is 0 Å². The number of benzene rings is 3. The summed E-state index contributed by atoms with van der Waals surface area (Å²) in [6.45, 7) is 0.213. The minimum absolute atomic E-state index is 0.0466. The van der Waals surface area contributed by atoms with Crippen molar-refractivity contribution >= 4 is 33.2 Å². The zero-order valence-electron chi connectivity index (χ0n) is 15.5. The van der Waals surface area contributed by atoms with Crippen LogP contribution in [-0.2, 0) is 16.6 Å². The summed E-state index contributed by atoms with van der Waals surface area (Å²) in [5.41, 5.74) is 1.26. The first-order valence-electron chi connectivity index (χ1n) is 8.65. The maximum Gasteiger partial charge on any atom is 0.264 e. The van der Waals surface area contributed by atoms with E-state index < -0.39 is 21.7 Å². The Bertz CT molecular complexity index is 1130. The third kappa shape index (κ3) is 4.75. The molecule has 0 radical (unpaired) electrons. The lowest BCUT2D eigenvalue weighted by Gasteiger charge is -2.20. The molecule has 1 N–H and O–H groups in total. The second kappa shape index (κ2) is 8.63. The number of rotatable bonds is 6. The van der Waals surface area contributed by atoms with E-state index in [0.717, 1.165) is 9.87 Å². The second-order valence-corrected chi connectivity index (χ2v) is 8.63. The SMILES string of the molecule is CN(c1ccc(F)cc1)S(=O)(=O)c1cccc(C(=O)NCc2ccccc2Cl)c1. The molecule has 3 rings (SSSR count). The van der Waals surface area contributed by atoms with Crippen LogP contribution in [0.4, 0.5) is 10.1 Å². The van der Waals surface area contributed by atoms with E-state index >= 15 is 0 Å². The Morgan fingerprint density at radius 3 is 2.41 bits per heavy atom. The highest BCUT2D eigenvalue weighted by atomic mass is 35.5. The zero-order chi connectivity index (χ0) is 21.0. The molecule has 0 aromatic heterocycles. The standard InChI is InChI=1S/C21H18ClFN2O3S/c1-25(18-11-9-17(23)10-12-18)29(27,28)19-7-4-6-15(13-19)21(26)24-14-16-5-2-3-8-20(16)22/h2-13H,14H2,1H3,(H,24,26). The Morgan fingerprint density at radius 1 is 1.03 bits per heavy atom. The molecule has 0 saturated heterocycles. The molecule has 0 aliphatic carbocycles. The van der Waals surface area contributed by atoms with E-state index in [1.54, 1.807) is 18.2 Å². The largest absolute Gasteiger partial charge is 0.348 e. The summed E-state index contributed by atoms with van der Waals surface area (Å²) >= 11 is 6.08. The topological polar surface area (TPSA) is 66.5 Å². The van der Waals surface area contributed by atoms with Gasteiger partial charge < -0.3 is 5.32 Å². The number of hydrogen-bond donors (Lipinski definition) is 1. The molecule has 0 saturated carbocycles. The summed E-state index contributed by atoms with van der Waals surface area (Å²) in [5.74, 6) is -0.886. The number of anilines is 1. The molecule has 29 heavy (non-hydrogen) atoms. The number of carbonyl (C=O) groups excluding carboxylic acids is 1. The maximum absolute atomic E-state index is 13.1. The molecule has 3 aromatic rings. The average molecular weight is 433 g/mol. The molecular weight excluding hydrogens is 415 g/mol. The minimum atomic E-state index is -3.92. The zero-order valence-corrected chi connectivity index (χ0v) is 17.0. The van der Waals surface area contributed by atoms with Crippen molar-refractivity contribution in [2.75, 3.05) is 11.4 Å². The first-order valence-corrected chi connectivity index (χ1v) is 10.5. The van der Waals surface area contributed by atoms with Crippen LogP contribution in [0.1, 0.15) is 15.9 Å². The van der Waals surface area contributed by atoms with Crippen molar-refractivity contribution in [3.05, 3.63) is 94.8 Å². The van der Waals surface area contributed by atoms with Crippen LogP contribution in [0.3, 0.4) is 0 Å². The molecule has 1 amide bonds. The fraction of sp³-hybridized carbons (Fsp3) is 0.0952. The molecule has 150 valence electrons. The van der Waals surface area contributed by atoms with E-state index in [0.29, 0.717) is 10.7 Å². The number of nitrogens with zero attached hydrogens (tertiary/aromatic N) is 1. The van der Waals surface area contributed by atoms with Crippen LogP contribution < -0.4 is 9.62 Å². The number of carbonyl (C=O) groups is 1. The smallest absolute Gasteiger partial charge is 0.264 e. The van der Waals surface area contributed by atoms with Crippen molar-refractivity contribution < 1.29 is 17.6 Å². The molecule has 0 aliphatic heterocycles.